The number of hydrogen-bond donors (Lipinski definition) is 0. The quantitative estimate of drug-likeness (QED) is 0.387. The molecule has 2 aliphatic rings. The maximum atomic E-state index is 2.51. The van der Waals surface area contributed by atoms with E-state index in [1.54, 1.807) is 0 Å². The zero-order valence-corrected chi connectivity index (χ0v) is 15.3. The molecule has 2 unspecified atom stereocenters. The summed E-state index contributed by atoms with van der Waals surface area (Å²) in [5, 5.41) is 0. The van der Waals surface area contributed by atoms with Crippen molar-refractivity contribution in [3.05, 3.63) is 12.8 Å². The Balaban J connectivity index is 0.000000980. The van der Waals surface area contributed by atoms with Gasteiger partial charge in [0.05, 0.1) is 0 Å². The van der Waals surface area contributed by atoms with Crippen LogP contribution in [0.2, 0.25) is 0 Å². The summed E-state index contributed by atoms with van der Waals surface area (Å²) in [6, 6.07) is 0. The second kappa shape index (κ2) is 6.45. The zero-order chi connectivity index (χ0) is 8.93. The maximum absolute atomic E-state index is 2.51. The van der Waals surface area contributed by atoms with Crippen LogP contribution < -0.4 is 0 Å². The standard InChI is InChI=1S/C13H22.2Cm/c1-3-7-12(8-4-1)11-13-9-5-2-6-10-13;;/h3,5,12-13H,1-2,4,6-11H2;;/q-2;;. The van der Waals surface area contributed by atoms with Gasteiger partial charge >= 0.3 is 0 Å². The Hall–Kier alpha value is -2.00. The summed E-state index contributed by atoms with van der Waals surface area (Å²) in [6.45, 7) is 0. The Morgan fingerprint density at radius 1 is 0.800 bits per heavy atom. The second-order valence-electron chi connectivity index (χ2n) is 4.88. The van der Waals surface area contributed by atoms with Gasteiger partial charge in [0.15, 0.2) is 0 Å². The molecule has 2 rings (SSSR count). The predicted molar refractivity (Wildman–Crippen MR) is 57.1 cm³/mol. The molecule has 0 aromatic rings. The summed E-state index contributed by atoms with van der Waals surface area (Å²) in [6.07, 6.45) is 18.1. The van der Waals surface area contributed by atoms with Crippen molar-refractivity contribution in [1.29, 1.82) is 0 Å². The summed E-state index contributed by atoms with van der Waals surface area (Å²) in [4.78, 5) is 0. The average Bonchev–Trinajstić information content (AvgIpc) is 2.21. The Kier molecular flexibility index (Phi) is 5.59. The number of rotatable bonds is 2. The average molecular weight is 672 g/mol. The van der Waals surface area contributed by atoms with Crippen molar-refractivity contribution >= 4 is 0 Å². The third-order valence-electron chi connectivity index (χ3n) is 3.71. The van der Waals surface area contributed by atoms with Crippen LogP contribution >= 0.6 is 0 Å². The zero-order valence-electron chi connectivity index (χ0n) is 9.38. The van der Waals surface area contributed by atoms with E-state index in [4.69, 9.17) is 0 Å². The molecule has 0 saturated heterocycles. The van der Waals surface area contributed by atoms with Crippen LogP contribution in [0.1, 0.15) is 57.8 Å². The molecule has 2 aliphatic carbocycles. The van der Waals surface area contributed by atoms with E-state index in [1.807, 2.05) is 0 Å². The molecule has 2 saturated carbocycles. The van der Waals surface area contributed by atoms with E-state index >= 15 is 0 Å². The molecule has 0 aromatic heterocycles. The van der Waals surface area contributed by atoms with Crippen LogP contribution in [0.3, 0.4) is 0 Å². The van der Waals surface area contributed by atoms with Gasteiger partial charge in [-0.25, -0.2) is 0 Å². The second-order valence-corrected chi connectivity index (χ2v) is 4.88. The first-order chi connectivity index (χ1) is 6.45. The summed E-state index contributed by atoms with van der Waals surface area (Å²) >= 11 is 0. The smallest absolute Gasteiger partial charge is 0 e. The van der Waals surface area contributed by atoms with Crippen molar-refractivity contribution in [1.82, 2.24) is 0 Å². The first kappa shape index (κ1) is 13.0. The topological polar surface area (TPSA) is 0 Å². The van der Waals surface area contributed by atoms with Crippen molar-refractivity contribution in [2.75, 3.05) is 0 Å². The van der Waals surface area contributed by atoms with Gasteiger partial charge in [0, 0.05) is 0 Å². The Labute approximate surface area is 83.1 Å². The molecule has 2 atom stereocenters. The molecule has 2 heteroatoms. The molecule has 0 N–H and O–H groups in total. The summed E-state index contributed by atoms with van der Waals surface area (Å²) in [5.74, 6) is 2.09. The molecule has 15 heavy (non-hydrogen) atoms. The van der Waals surface area contributed by atoms with Gasteiger partial charge in [-0.2, -0.15) is 25.7 Å². The van der Waals surface area contributed by atoms with Crippen LogP contribution in [-0.4, -0.2) is 0 Å². The minimum atomic E-state index is 0. The number of hydrogen-bond acceptors (Lipinski definition) is 0. The van der Waals surface area contributed by atoms with Crippen molar-refractivity contribution in [3.63, 3.8) is 0 Å². The fourth-order valence-electron chi connectivity index (χ4n) is 2.94. The van der Waals surface area contributed by atoms with E-state index in [-0.39, 0.29) is 0 Å². The van der Waals surface area contributed by atoms with E-state index in [1.165, 1.54) is 57.8 Å². The van der Waals surface area contributed by atoms with Crippen molar-refractivity contribution < 1.29 is 0 Å². The minimum Gasteiger partial charge on any atom is -0.328 e. The first-order valence-electron chi connectivity index (χ1n) is 6.08. The Bertz CT molecular complexity index is 119. The molecule has 2 fully saturated rings. The molecule has 0 aliphatic heterocycles. The summed E-state index contributed by atoms with van der Waals surface area (Å²) in [7, 11) is 0. The minimum absolute atomic E-state index is 0. The van der Waals surface area contributed by atoms with E-state index in [2.05, 4.69) is 12.8 Å². The van der Waals surface area contributed by atoms with Gasteiger partial charge in [-0.05, 0) is 0 Å². The van der Waals surface area contributed by atoms with Crippen LogP contribution in [0, 0.1) is 24.7 Å². The molecule has 0 heterocycles. The third-order valence-corrected chi connectivity index (χ3v) is 3.71. The van der Waals surface area contributed by atoms with Crippen LogP contribution in [0.5, 0.6) is 0 Å². The van der Waals surface area contributed by atoms with E-state index in [0.717, 1.165) is 11.8 Å². The molecule has 0 amide bonds. The SMILES string of the molecule is [CH-]1CCCC(CC2C[CH-]CCC2)C1.[Cm].[Cm]. The fraction of sp³-hybridized carbons (Fsp3) is 0.846. The van der Waals surface area contributed by atoms with E-state index in [0.29, 0.717) is 0 Å². The largest absolute Gasteiger partial charge is 0.328 e. The fourth-order valence-corrected chi connectivity index (χ4v) is 2.94. The monoisotopic (exact) mass is 664 g/mol. The van der Waals surface area contributed by atoms with Crippen molar-refractivity contribution in [3.8, 4) is 0 Å². The molecule has 0 aromatic carbocycles. The van der Waals surface area contributed by atoms with Crippen LogP contribution in [-0.2, 0) is 0 Å². The maximum Gasteiger partial charge on any atom is 0 e. The van der Waals surface area contributed by atoms with Crippen LogP contribution in [0.25, 0.3) is 0 Å². The molecular weight excluding hydrogens is 650 g/mol. The van der Waals surface area contributed by atoms with Crippen LogP contribution in [0.15, 0.2) is 0 Å². The molecule has 0 nitrogen and oxygen atoms in total. The summed E-state index contributed by atoms with van der Waals surface area (Å²) in [5.41, 5.74) is 0. The Morgan fingerprint density at radius 3 is 1.60 bits per heavy atom. The van der Waals surface area contributed by atoms with Gasteiger partial charge in [-0.3, -0.25) is 0 Å². The van der Waals surface area contributed by atoms with Crippen LogP contribution in [0.4, 0.5) is 0 Å². The predicted octanol–water partition coefficient (Wildman–Crippen LogP) is 4.17. The van der Waals surface area contributed by atoms with Gasteiger partial charge in [-0.15, -0.1) is 0 Å². The van der Waals surface area contributed by atoms with Gasteiger partial charge in [-0.1, -0.05) is 43.9 Å². The van der Waals surface area contributed by atoms with Crippen molar-refractivity contribution in [2.45, 2.75) is 57.8 Å². The first-order valence-corrected chi connectivity index (χ1v) is 6.08. The van der Waals surface area contributed by atoms with Gasteiger partial charge in [0.25, 0.3) is 0 Å². The molecule has 0 radical (unpaired) electrons. The van der Waals surface area contributed by atoms with Gasteiger partial charge in [0.2, 0.25) is 0 Å². The van der Waals surface area contributed by atoms with Gasteiger partial charge in [0.1, 0.15) is 0 Å². The Morgan fingerprint density at radius 2 is 1.27 bits per heavy atom. The molecule has 0 spiro atoms. The molecule has 0 bridgehead atoms. The van der Waals surface area contributed by atoms with Gasteiger partial charge < -0.3 is 12.8 Å². The van der Waals surface area contributed by atoms with Crippen molar-refractivity contribution in [2.24, 2.45) is 11.8 Å². The van der Waals surface area contributed by atoms with E-state index < -0.39 is 0 Å². The molecule has 92 valence electrons. The molecular formula is C13H22Cm2-2. The summed E-state index contributed by atoms with van der Waals surface area (Å²) < 4.78 is 0. The normalized spacial score (nSPS) is 31.2. The van der Waals surface area contributed by atoms with E-state index in [9.17, 15) is 0 Å². The third kappa shape index (κ3) is 3.70.